The lowest BCUT2D eigenvalue weighted by molar-refractivity contribution is 0.230. The van der Waals surface area contributed by atoms with Gasteiger partial charge in [-0.1, -0.05) is 25.1 Å². The van der Waals surface area contributed by atoms with Gasteiger partial charge in [-0.3, -0.25) is 0 Å². The summed E-state index contributed by atoms with van der Waals surface area (Å²) < 4.78 is 1.34. The fourth-order valence-corrected chi connectivity index (χ4v) is 3.56. The van der Waals surface area contributed by atoms with Gasteiger partial charge in [0.1, 0.15) is 0 Å². The van der Waals surface area contributed by atoms with E-state index in [1.807, 2.05) is 11.3 Å². The molecule has 0 spiro atoms. The summed E-state index contributed by atoms with van der Waals surface area (Å²) in [5.41, 5.74) is 1.36. The van der Waals surface area contributed by atoms with Gasteiger partial charge in [-0.15, -0.1) is 11.3 Å². The maximum atomic E-state index is 9.27. The molecule has 2 nitrogen and oxygen atoms in total. The van der Waals surface area contributed by atoms with Crippen molar-refractivity contribution in [2.45, 2.75) is 39.3 Å². The van der Waals surface area contributed by atoms with E-state index in [2.05, 4.69) is 50.4 Å². The molecule has 2 rings (SSSR count). The number of hydrogen-bond acceptors (Lipinski definition) is 3. The maximum absolute atomic E-state index is 9.27. The molecule has 0 aliphatic carbocycles. The van der Waals surface area contributed by atoms with Gasteiger partial charge in [0.15, 0.2) is 0 Å². The van der Waals surface area contributed by atoms with Crippen LogP contribution in [0, 0.1) is 6.92 Å². The Labute approximate surface area is 113 Å². The zero-order chi connectivity index (χ0) is 13.1. The summed E-state index contributed by atoms with van der Waals surface area (Å²) in [6.07, 6.45) is 0.949. The molecule has 1 heterocycles. The van der Waals surface area contributed by atoms with E-state index in [1.165, 1.54) is 20.5 Å². The molecule has 1 aromatic heterocycles. The topological polar surface area (TPSA) is 32.3 Å². The number of aryl methyl sites for hydroxylation is 1. The molecule has 2 atom stereocenters. The van der Waals surface area contributed by atoms with Crippen LogP contribution in [0.5, 0.6) is 0 Å². The van der Waals surface area contributed by atoms with E-state index in [0.29, 0.717) is 6.04 Å². The smallest absolute Gasteiger partial charge is 0.0584 e. The van der Waals surface area contributed by atoms with Crippen molar-refractivity contribution in [3.8, 4) is 0 Å². The Kier molecular flexibility index (Phi) is 4.38. The van der Waals surface area contributed by atoms with Crippen LogP contribution < -0.4 is 5.32 Å². The SMILES string of the molecule is CC[C@H](CO)NC(C)c1sc2ccccc2c1C. The highest BCUT2D eigenvalue weighted by atomic mass is 32.1. The van der Waals surface area contributed by atoms with Crippen LogP contribution in [-0.2, 0) is 0 Å². The number of benzene rings is 1. The summed E-state index contributed by atoms with van der Waals surface area (Å²) in [5.74, 6) is 0. The van der Waals surface area contributed by atoms with Crippen molar-refractivity contribution >= 4 is 21.4 Å². The van der Waals surface area contributed by atoms with Crippen LogP contribution in [-0.4, -0.2) is 17.8 Å². The fourth-order valence-electron chi connectivity index (χ4n) is 2.34. The average Bonchev–Trinajstić information content (AvgIpc) is 2.74. The number of aliphatic hydroxyl groups excluding tert-OH is 1. The molecule has 0 fully saturated rings. The molecule has 2 N–H and O–H groups in total. The summed E-state index contributed by atoms with van der Waals surface area (Å²) in [6.45, 7) is 6.66. The van der Waals surface area contributed by atoms with Crippen LogP contribution in [0.15, 0.2) is 24.3 Å². The molecule has 18 heavy (non-hydrogen) atoms. The molecule has 1 aromatic carbocycles. The Morgan fingerprint density at radius 3 is 2.67 bits per heavy atom. The Bertz CT molecular complexity index is 516. The van der Waals surface area contributed by atoms with Crippen molar-refractivity contribution in [1.29, 1.82) is 0 Å². The van der Waals surface area contributed by atoms with Crippen LogP contribution >= 0.6 is 11.3 Å². The van der Waals surface area contributed by atoms with Crippen LogP contribution in [0.3, 0.4) is 0 Å². The van der Waals surface area contributed by atoms with E-state index >= 15 is 0 Å². The van der Waals surface area contributed by atoms with Crippen LogP contribution in [0.4, 0.5) is 0 Å². The summed E-state index contributed by atoms with van der Waals surface area (Å²) in [7, 11) is 0. The molecule has 2 aromatic rings. The molecular weight excluding hydrogens is 242 g/mol. The third-order valence-electron chi connectivity index (χ3n) is 3.47. The van der Waals surface area contributed by atoms with E-state index in [9.17, 15) is 5.11 Å². The van der Waals surface area contributed by atoms with Crippen LogP contribution in [0.2, 0.25) is 0 Å². The van der Waals surface area contributed by atoms with Crippen molar-refractivity contribution in [2.75, 3.05) is 6.61 Å². The first-order valence-electron chi connectivity index (χ1n) is 6.52. The van der Waals surface area contributed by atoms with Crippen molar-refractivity contribution in [3.05, 3.63) is 34.7 Å². The lowest BCUT2D eigenvalue weighted by Crippen LogP contribution is -2.33. The van der Waals surface area contributed by atoms with Crippen molar-refractivity contribution in [3.63, 3.8) is 0 Å². The Hall–Kier alpha value is -0.900. The van der Waals surface area contributed by atoms with Crippen LogP contribution in [0.1, 0.15) is 36.8 Å². The summed E-state index contributed by atoms with van der Waals surface area (Å²) >= 11 is 1.85. The number of hydrogen-bond donors (Lipinski definition) is 2. The molecule has 0 aliphatic rings. The summed E-state index contributed by atoms with van der Waals surface area (Å²) in [4.78, 5) is 1.38. The molecule has 0 radical (unpaired) electrons. The van der Waals surface area contributed by atoms with Gasteiger partial charge in [0.05, 0.1) is 6.61 Å². The van der Waals surface area contributed by atoms with Gasteiger partial charge in [0.25, 0.3) is 0 Å². The van der Waals surface area contributed by atoms with Crippen molar-refractivity contribution < 1.29 is 5.11 Å². The van der Waals surface area contributed by atoms with Crippen molar-refractivity contribution in [2.24, 2.45) is 0 Å². The maximum Gasteiger partial charge on any atom is 0.0584 e. The predicted octanol–water partition coefficient (Wildman–Crippen LogP) is 3.63. The van der Waals surface area contributed by atoms with E-state index in [-0.39, 0.29) is 12.6 Å². The van der Waals surface area contributed by atoms with E-state index < -0.39 is 0 Å². The fraction of sp³-hybridized carbons (Fsp3) is 0.467. The van der Waals surface area contributed by atoms with Gasteiger partial charge in [-0.25, -0.2) is 0 Å². The predicted molar refractivity (Wildman–Crippen MR) is 79.3 cm³/mol. The molecule has 3 heteroatoms. The van der Waals surface area contributed by atoms with Crippen LogP contribution in [0.25, 0.3) is 10.1 Å². The zero-order valence-electron chi connectivity index (χ0n) is 11.2. The molecule has 1 unspecified atom stereocenters. The number of nitrogens with one attached hydrogen (secondary N) is 1. The Morgan fingerprint density at radius 2 is 2.06 bits per heavy atom. The second-order valence-electron chi connectivity index (χ2n) is 4.76. The standard InChI is InChI=1S/C15H21NOS/c1-4-12(9-17)16-11(3)15-10(2)13-7-5-6-8-14(13)18-15/h5-8,11-12,16-17H,4,9H2,1-3H3/t11?,12-/m1/s1. The van der Waals surface area contributed by atoms with Gasteiger partial charge in [0.2, 0.25) is 0 Å². The summed E-state index contributed by atoms with van der Waals surface area (Å²) in [5, 5.41) is 14.1. The highest BCUT2D eigenvalue weighted by Gasteiger charge is 2.16. The van der Waals surface area contributed by atoms with Gasteiger partial charge in [-0.05, 0) is 37.3 Å². The molecule has 0 aliphatic heterocycles. The lowest BCUT2D eigenvalue weighted by atomic mass is 10.1. The second kappa shape index (κ2) is 5.83. The third-order valence-corrected chi connectivity index (χ3v) is 4.93. The zero-order valence-corrected chi connectivity index (χ0v) is 12.1. The van der Waals surface area contributed by atoms with Crippen molar-refractivity contribution in [1.82, 2.24) is 5.32 Å². The lowest BCUT2D eigenvalue weighted by Gasteiger charge is -2.20. The largest absolute Gasteiger partial charge is 0.395 e. The first-order valence-corrected chi connectivity index (χ1v) is 7.34. The number of aliphatic hydroxyl groups is 1. The van der Waals surface area contributed by atoms with Gasteiger partial charge >= 0.3 is 0 Å². The van der Waals surface area contributed by atoms with Gasteiger partial charge in [-0.2, -0.15) is 0 Å². The molecular formula is C15H21NOS. The van der Waals surface area contributed by atoms with E-state index in [1.54, 1.807) is 0 Å². The molecule has 0 saturated carbocycles. The first-order chi connectivity index (χ1) is 8.67. The number of rotatable bonds is 5. The number of thiophene rings is 1. The average molecular weight is 263 g/mol. The normalized spacial score (nSPS) is 14.9. The minimum absolute atomic E-state index is 0.185. The quantitative estimate of drug-likeness (QED) is 0.863. The molecule has 0 bridgehead atoms. The highest BCUT2D eigenvalue weighted by molar-refractivity contribution is 7.19. The monoisotopic (exact) mass is 263 g/mol. The number of fused-ring (bicyclic) bond motifs is 1. The minimum Gasteiger partial charge on any atom is -0.395 e. The Balaban J connectivity index is 2.27. The molecule has 98 valence electrons. The highest BCUT2D eigenvalue weighted by Crippen LogP contribution is 2.34. The van der Waals surface area contributed by atoms with E-state index in [4.69, 9.17) is 0 Å². The summed E-state index contributed by atoms with van der Waals surface area (Å²) in [6, 6.07) is 9.01. The molecule has 0 saturated heterocycles. The third kappa shape index (κ3) is 2.58. The minimum atomic E-state index is 0.185. The van der Waals surface area contributed by atoms with Gasteiger partial charge < -0.3 is 10.4 Å². The second-order valence-corrected chi connectivity index (χ2v) is 5.85. The van der Waals surface area contributed by atoms with Gasteiger partial charge in [0, 0.05) is 21.7 Å². The first kappa shape index (κ1) is 13.5. The Morgan fingerprint density at radius 1 is 1.33 bits per heavy atom. The molecule has 0 amide bonds. The van der Waals surface area contributed by atoms with E-state index in [0.717, 1.165) is 6.42 Å².